The van der Waals surface area contributed by atoms with Crippen molar-refractivity contribution in [1.29, 1.82) is 0 Å². The number of sulfone groups is 1. The van der Waals surface area contributed by atoms with E-state index in [0.29, 0.717) is 16.7 Å². The predicted octanol–water partition coefficient (Wildman–Crippen LogP) is 2.74. The molecule has 1 aromatic carbocycles. The molecule has 1 aromatic rings. The van der Waals surface area contributed by atoms with Crippen LogP contribution < -0.4 is 14.4 Å². The number of anilines is 1. The minimum absolute atomic E-state index is 0.0528. The van der Waals surface area contributed by atoms with Crippen molar-refractivity contribution < 1.29 is 22.7 Å². The molecule has 28 heavy (non-hydrogen) atoms. The van der Waals surface area contributed by atoms with Crippen molar-refractivity contribution in [2.75, 3.05) is 30.6 Å². The standard InChI is InChI=1S/C19H26N2O5S2/c1-5-12(6-2)18(22)20-19-21(14-10-28(23,24)11-17(14)27-19)13-7-8-15(25-3)16(9-13)26-4/h7-9,12,14,17H,5-6,10-11H2,1-4H3/t14-,17-/m1/s1. The van der Waals surface area contributed by atoms with Crippen LogP contribution in [0.25, 0.3) is 0 Å². The van der Waals surface area contributed by atoms with Crippen molar-refractivity contribution in [3.05, 3.63) is 18.2 Å². The summed E-state index contributed by atoms with van der Waals surface area (Å²) in [6.45, 7) is 3.95. The molecule has 0 N–H and O–H groups in total. The molecule has 2 aliphatic heterocycles. The Balaban J connectivity index is 2.02. The third kappa shape index (κ3) is 4.00. The number of carbonyl (C=O) groups excluding carboxylic acids is 1. The minimum Gasteiger partial charge on any atom is -0.493 e. The van der Waals surface area contributed by atoms with E-state index in [9.17, 15) is 13.2 Å². The third-order valence-corrected chi connectivity index (χ3v) is 8.46. The second-order valence-corrected chi connectivity index (χ2v) is 10.3. The number of fused-ring (bicyclic) bond motifs is 1. The molecule has 1 amide bonds. The van der Waals surface area contributed by atoms with Crippen molar-refractivity contribution in [2.24, 2.45) is 10.9 Å². The van der Waals surface area contributed by atoms with Crippen LogP contribution in [0.5, 0.6) is 11.5 Å². The molecular formula is C19H26N2O5S2. The number of benzene rings is 1. The van der Waals surface area contributed by atoms with E-state index >= 15 is 0 Å². The van der Waals surface area contributed by atoms with Crippen molar-refractivity contribution >= 4 is 38.4 Å². The zero-order chi connectivity index (χ0) is 20.5. The highest BCUT2D eigenvalue weighted by atomic mass is 32.2. The van der Waals surface area contributed by atoms with Crippen molar-refractivity contribution in [1.82, 2.24) is 0 Å². The molecule has 0 aromatic heterocycles. The summed E-state index contributed by atoms with van der Waals surface area (Å²) < 4.78 is 35.1. The molecule has 7 nitrogen and oxygen atoms in total. The lowest BCUT2D eigenvalue weighted by atomic mass is 10.0. The van der Waals surface area contributed by atoms with E-state index in [2.05, 4.69) is 4.99 Å². The summed E-state index contributed by atoms with van der Waals surface area (Å²) in [6.07, 6.45) is 1.46. The molecule has 0 unspecified atom stereocenters. The van der Waals surface area contributed by atoms with Gasteiger partial charge in [-0.05, 0) is 25.0 Å². The Morgan fingerprint density at radius 3 is 2.50 bits per heavy atom. The molecule has 0 aliphatic carbocycles. The van der Waals surface area contributed by atoms with Crippen LogP contribution in [0.2, 0.25) is 0 Å². The van der Waals surface area contributed by atoms with Gasteiger partial charge in [0.2, 0.25) is 0 Å². The molecule has 0 saturated carbocycles. The Kier molecular flexibility index (Phi) is 6.24. The molecule has 3 rings (SSSR count). The van der Waals surface area contributed by atoms with E-state index in [0.717, 1.165) is 18.5 Å². The van der Waals surface area contributed by atoms with Gasteiger partial charge >= 0.3 is 0 Å². The van der Waals surface area contributed by atoms with Gasteiger partial charge in [0.25, 0.3) is 5.91 Å². The highest BCUT2D eigenvalue weighted by molar-refractivity contribution is 8.16. The maximum atomic E-state index is 12.6. The number of carbonyl (C=O) groups is 1. The first kappa shape index (κ1) is 21.0. The van der Waals surface area contributed by atoms with Gasteiger partial charge in [-0.3, -0.25) is 4.79 Å². The highest BCUT2D eigenvalue weighted by Gasteiger charge is 2.49. The quantitative estimate of drug-likeness (QED) is 0.691. The number of hydrogen-bond acceptors (Lipinski definition) is 6. The second-order valence-electron chi connectivity index (χ2n) is 6.96. The fraction of sp³-hybridized carbons (Fsp3) is 0.579. The van der Waals surface area contributed by atoms with Crippen LogP contribution >= 0.6 is 11.8 Å². The van der Waals surface area contributed by atoms with Gasteiger partial charge < -0.3 is 14.4 Å². The van der Waals surface area contributed by atoms with Crippen LogP contribution in [-0.4, -0.2) is 56.5 Å². The maximum absolute atomic E-state index is 12.6. The molecule has 0 bridgehead atoms. The van der Waals surface area contributed by atoms with E-state index in [1.54, 1.807) is 26.4 Å². The molecule has 2 aliphatic rings. The number of amidine groups is 1. The number of amides is 1. The first-order chi connectivity index (χ1) is 13.3. The van der Waals surface area contributed by atoms with Crippen molar-refractivity contribution in [3.8, 4) is 11.5 Å². The van der Waals surface area contributed by atoms with Gasteiger partial charge in [0, 0.05) is 22.9 Å². The fourth-order valence-electron chi connectivity index (χ4n) is 3.66. The lowest BCUT2D eigenvalue weighted by molar-refractivity contribution is -0.121. The largest absolute Gasteiger partial charge is 0.493 e. The molecule has 2 heterocycles. The molecular weight excluding hydrogens is 400 g/mol. The van der Waals surface area contributed by atoms with Gasteiger partial charge in [-0.2, -0.15) is 4.99 Å². The second kappa shape index (κ2) is 8.32. The maximum Gasteiger partial charge on any atom is 0.251 e. The summed E-state index contributed by atoms with van der Waals surface area (Å²) in [7, 11) is -0.000915. The van der Waals surface area contributed by atoms with Crippen molar-refractivity contribution in [2.45, 2.75) is 38.0 Å². The van der Waals surface area contributed by atoms with Gasteiger partial charge in [0.1, 0.15) is 0 Å². The van der Waals surface area contributed by atoms with Gasteiger partial charge in [0.05, 0.1) is 31.8 Å². The monoisotopic (exact) mass is 426 g/mol. The summed E-state index contributed by atoms with van der Waals surface area (Å²) in [5.41, 5.74) is 0.742. The normalized spacial score (nSPS) is 24.6. The smallest absolute Gasteiger partial charge is 0.251 e. The summed E-state index contributed by atoms with van der Waals surface area (Å²) in [6, 6.07) is 5.16. The van der Waals surface area contributed by atoms with Crippen LogP contribution in [0.1, 0.15) is 26.7 Å². The molecule has 9 heteroatoms. The van der Waals surface area contributed by atoms with Crippen LogP contribution in [0, 0.1) is 5.92 Å². The van der Waals surface area contributed by atoms with Crippen molar-refractivity contribution in [3.63, 3.8) is 0 Å². The highest BCUT2D eigenvalue weighted by Crippen LogP contribution is 2.43. The zero-order valence-corrected chi connectivity index (χ0v) is 18.2. The predicted molar refractivity (Wildman–Crippen MR) is 112 cm³/mol. The van der Waals surface area contributed by atoms with Gasteiger partial charge in [0.15, 0.2) is 26.5 Å². The molecule has 154 valence electrons. The number of rotatable bonds is 6. The van der Waals surface area contributed by atoms with Crippen LogP contribution in [-0.2, 0) is 14.6 Å². The Hall–Kier alpha value is -1.74. The Bertz CT molecular complexity index is 880. The summed E-state index contributed by atoms with van der Waals surface area (Å²) in [5, 5.41) is 0.431. The van der Waals surface area contributed by atoms with Gasteiger partial charge in [-0.15, -0.1) is 0 Å². The molecule has 2 atom stereocenters. The minimum atomic E-state index is -3.11. The average Bonchev–Trinajstić information content (AvgIpc) is 3.12. The summed E-state index contributed by atoms with van der Waals surface area (Å²) >= 11 is 1.38. The number of thioether (sulfide) groups is 1. The first-order valence-corrected chi connectivity index (χ1v) is 12.0. The first-order valence-electron chi connectivity index (χ1n) is 9.34. The van der Waals surface area contributed by atoms with Crippen LogP contribution in [0.15, 0.2) is 23.2 Å². The summed E-state index contributed by atoms with van der Waals surface area (Å²) in [5.74, 6) is 1.01. The number of ether oxygens (including phenoxy) is 2. The molecule has 2 saturated heterocycles. The topological polar surface area (TPSA) is 85.3 Å². The van der Waals surface area contributed by atoms with E-state index < -0.39 is 9.84 Å². The Morgan fingerprint density at radius 1 is 1.21 bits per heavy atom. The van der Waals surface area contributed by atoms with Gasteiger partial charge in [-0.1, -0.05) is 25.6 Å². The average molecular weight is 427 g/mol. The van der Waals surface area contributed by atoms with Crippen LogP contribution in [0.3, 0.4) is 0 Å². The molecule has 0 radical (unpaired) electrons. The van der Waals surface area contributed by atoms with E-state index in [1.807, 2.05) is 24.8 Å². The summed E-state index contributed by atoms with van der Waals surface area (Å²) in [4.78, 5) is 18.9. The Labute approximate surface area is 170 Å². The lowest BCUT2D eigenvalue weighted by Gasteiger charge is -2.25. The van der Waals surface area contributed by atoms with E-state index in [1.165, 1.54) is 11.8 Å². The Morgan fingerprint density at radius 2 is 1.89 bits per heavy atom. The number of nitrogens with zero attached hydrogens (tertiary/aromatic N) is 2. The third-order valence-electron chi connectivity index (χ3n) is 5.25. The van der Waals surface area contributed by atoms with Gasteiger partial charge in [-0.25, -0.2) is 8.42 Å². The number of methoxy groups -OCH3 is 2. The molecule has 0 spiro atoms. The number of aliphatic imine (C=N–C) groups is 1. The fourth-order valence-corrected chi connectivity index (χ4v) is 7.58. The lowest BCUT2D eigenvalue weighted by Crippen LogP contribution is -2.38. The SMILES string of the molecule is CCC(CC)C(=O)N=C1S[C@@H]2CS(=O)(=O)C[C@H]2N1c1ccc(OC)c(OC)c1. The molecule has 2 fully saturated rings. The van der Waals surface area contributed by atoms with E-state index in [-0.39, 0.29) is 34.6 Å². The number of hydrogen-bond donors (Lipinski definition) is 0. The zero-order valence-electron chi connectivity index (χ0n) is 16.5. The van der Waals surface area contributed by atoms with Crippen LogP contribution in [0.4, 0.5) is 5.69 Å². The van der Waals surface area contributed by atoms with E-state index in [4.69, 9.17) is 9.47 Å².